The number of benzene rings is 2. The minimum absolute atomic E-state index is 0.0412. The molecule has 0 bridgehead atoms. The summed E-state index contributed by atoms with van der Waals surface area (Å²) in [5.41, 5.74) is 4.31. The monoisotopic (exact) mass is 343 g/mol. The van der Waals surface area contributed by atoms with E-state index in [1.54, 1.807) is 18.5 Å². The molecule has 0 spiro atoms. The van der Waals surface area contributed by atoms with Gasteiger partial charge in [0.05, 0.1) is 12.3 Å². The van der Waals surface area contributed by atoms with Crippen LogP contribution in [0.3, 0.4) is 0 Å². The molecule has 1 atom stereocenters. The van der Waals surface area contributed by atoms with E-state index in [1.165, 1.54) is 0 Å². The highest BCUT2D eigenvalue weighted by molar-refractivity contribution is 6.12. The van der Waals surface area contributed by atoms with Crippen LogP contribution in [0, 0.1) is 0 Å². The minimum atomic E-state index is -0.487. The molecule has 2 N–H and O–H groups in total. The van der Waals surface area contributed by atoms with E-state index in [1.807, 2.05) is 54.6 Å². The lowest BCUT2D eigenvalue weighted by Crippen LogP contribution is -2.12. The van der Waals surface area contributed by atoms with E-state index in [9.17, 15) is 9.90 Å². The Hall–Kier alpha value is -3.31. The first-order valence-corrected chi connectivity index (χ1v) is 8.35. The van der Waals surface area contributed by atoms with Crippen LogP contribution in [0.15, 0.2) is 71.9 Å². The molecular formula is C21H17N3O2. The van der Waals surface area contributed by atoms with Gasteiger partial charge < -0.3 is 10.4 Å². The Bertz CT molecular complexity index is 984. The molecular weight excluding hydrogens is 326 g/mol. The summed E-state index contributed by atoms with van der Waals surface area (Å²) in [6, 6.07) is 19.2. The fourth-order valence-electron chi connectivity index (χ4n) is 2.99. The Balaban J connectivity index is 1.66. The van der Waals surface area contributed by atoms with Crippen LogP contribution >= 0.6 is 0 Å². The largest absolute Gasteiger partial charge is 0.392 e. The van der Waals surface area contributed by atoms with Crippen LogP contribution in [0.1, 0.15) is 17.0 Å². The lowest BCUT2D eigenvalue weighted by atomic mass is 9.99. The quantitative estimate of drug-likeness (QED) is 0.710. The number of nitrogens with one attached hydrogen (secondary N) is 1. The third kappa shape index (κ3) is 3.12. The SMILES string of the molecule is O=C1Nc2ncc(-c3ccccc3)cc2C1C=Nc1cccc(CO)c1. The number of aliphatic imine (C=N–C) groups is 1. The summed E-state index contributed by atoms with van der Waals surface area (Å²) in [5.74, 6) is -0.0473. The van der Waals surface area contributed by atoms with Crippen molar-refractivity contribution < 1.29 is 9.90 Å². The normalized spacial score (nSPS) is 15.9. The average molecular weight is 343 g/mol. The molecule has 1 aliphatic rings. The molecule has 2 aromatic carbocycles. The maximum Gasteiger partial charge on any atom is 0.238 e. The van der Waals surface area contributed by atoms with Gasteiger partial charge in [0.25, 0.3) is 0 Å². The smallest absolute Gasteiger partial charge is 0.238 e. The highest BCUT2D eigenvalue weighted by atomic mass is 16.3. The second-order valence-electron chi connectivity index (χ2n) is 6.10. The van der Waals surface area contributed by atoms with Gasteiger partial charge in [0, 0.05) is 23.5 Å². The van der Waals surface area contributed by atoms with E-state index >= 15 is 0 Å². The number of aliphatic hydroxyl groups is 1. The second kappa shape index (κ2) is 6.90. The lowest BCUT2D eigenvalue weighted by Gasteiger charge is -2.06. The number of amides is 1. The van der Waals surface area contributed by atoms with E-state index in [0.29, 0.717) is 11.5 Å². The highest BCUT2D eigenvalue weighted by Gasteiger charge is 2.30. The summed E-state index contributed by atoms with van der Waals surface area (Å²) in [6.45, 7) is -0.0412. The van der Waals surface area contributed by atoms with Gasteiger partial charge in [0.2, 0.25) is 5.91 Å². The molecule has 4 rings (SSSR count). The first-order valence-electron chi connectivity index (χ1n) is 8.35. The number of fused-ring (bicyclic) bond motifs is 1. The van der Waals surface area contributed by atoms with E-state index < -0.39 is 5.92 Å². The highest BCUT2D eigenvalue weighted by Crippen LogP contribution is 2.33. The third-order valence-corrected chi connectivity index (χ3v) is 4.35. The first kappa shape index (κ1) is 16.2. The summed E-state index contributed by atoms with van der Waals surface area (Å²) < 4.78 is 0. The fraction of sp³-hybridized carbons (Fsp3) is 0.0952. The fourth-order valence-corrected chi connectivity index (χ4v) is 2.99. The van der Waals surface area contributed by atoms with Gasteiger partial charge in [0.1, 0.15) is 11.7 Å². The van der Waals surface area contributed by atoms with Crippen LogP contribution in [0.4, 0.5) is 11.5 Å². The Morgan fingerprint density at radius 1 is 1.08 bits per heavy atom. The topological polar surface area (TPSA) is 74.6 Å². The van der Waals surface area contributed by atoms with Crippen molar-refractivity contribution >= 4 is 23.6 Å². The predicted molar refractivity (Wildman–Crippen MR) is 102 cm³/mol. The van der Waals surface area contributed by atoms with E-state index in [0.717, 1.165) is 22.3 Å². The van der Waals surface area contributed by atoms with E-state index in [-0.39, 0.29) is 12.5 Å². The number of anilines is 1. The number of carbonyl (C=O) groups excluding carboxylic acids is 1. The molecule has 1 unspecified atom stereocenters. The first-order chi connectivity index (χ1) is 12.7. The van der Waals surface area contributed by atoms with Crippen molar-refractivity contribution in [3.63, 3.8) is 0 Å². The number of hydrogen-bond acceptors (Lipinski definition) is 4. The Kier molecular flexibility index (Phi) is 4.29. The molecule has 0 saturated carbocycles. The van der Waals surface area contributed by atoms with Gasteiger partial charge in [-0.05, 0) is 29.3 Å². The molecule has 0 saturated heterocycles. The van der Waals surface area contributed by atoms with Crippen LogP contribution in [0.5, 0.6) is 0 Å². The summed E-state index contributed by atoms with van der Waals surface area (Å²) in [6.07, 6.45) is 3.40. The molecule has 1 aliphatic heterocycles. The van der Waals surface area contributed by atoms with Gasteiger partial charge in [-0.1, -0.05) is 42.5 Å². The van der Waals surface area contributed by atoms with Gasteiger partial charge in [0.15, 0.2) is 0 Å². The molecule has 2 heterocycles. The van der Waals surface area contributed by atoms with Crippen LogP contribution < -0.4 is 5.32 Å². The Morgan fingerprint density at radius 2 is 1.92 bits per heavy atom. The van der Waals surface area contributed by atoms with Crippen molar-refractivity contribution in [1.82, 2.24) is 4.98 Å². The zero-order chi connectivity index (χ0) is 17.9. The molecule has 26 heavy (non-hydrogen) atoms. The van der Waals surface area contributed by atoms with Crippen LogP contribution in [-0.2, 0) is 11.4 Å². The van der Waals surface area contributed by atoms with Crippen molar-refractivity contribution in [2.45, 2.75) is 12.5 Å². The maximum atomic E-state index is 12.3. The van der Waals surface area contributed by atoms with Gasteiger partial charge >= 0.3 is 0 Å². The Morgan fingerprint density at radius 3 is 2.73 bits per heavy atom. The lowest BCUT2D eigenvalue weighted by molar-refractivity contribution is -0.115. The molecule has 1 amide bonds. The molecule has 5 nitrogen and oxygen atoms in total. The Labute approximate surface area is 151 Å². The zero-order valence-corrected chi connectivity index (χ0v) is 14.0. The third-order valence-electron chi connectivity index (χ3n) is 4.35. The minimum Gasteiger partial charge on any atom is -0.392 e. The van der Waals surface area contributed by atoms with Crippen LogP contribution in [0.2, 0.25) is 0 Å². The number of carbonyl (C=O) groups is 1. The maximum absolute atomic E-state index is 12.3. The summed E-state index contributed by atoms with van der Waals surface area (Å²) in [5, 5.41) is 12.0. The molecule has 0 fully saturated rings. The van der Waals surface area contributed by atoms with Gasteiger partial charge in [-0.2, -0.15) is 0 Å². The summed E-state index contributed by atoms with van der Waals surface area (Å²) in [4.78, 5) is 21.2. The number of pyridine rings is 1. The van der Waals surface area contributed by atoms with Crippen molar-refractivity contribution in [3.8, 4) is 11.1 Å². The second-order valence-corrected chi connectivity index (χ2v) is 6.10. The van der Waals surface area contributed by atoms with E-state index in [4.69, 9.17) is 0 Å². The molecule has 0 radical (unpaired) electrons. The molecule has 1 aromatic heterocycles. The number of rotatable bonds is 4. The number of hydrogen-bond donors (Lipinski definition) is 2. The number of aliphatic hydroxyl groups excluding tert-OH is 1. The summed E-state index contributed by atoms with van der Waals surface area (Å²) in [7, 11) is 0. The predicted octanol–water partition coefficient (Wildman–Crippen LogP) is 3.68. The van der Waals surface area contributed by atoms with Crippen LogP contribution in [0.25, 0.3) is 11.1 Å². The molecule has 128 valence electrons. The number of aromatic nitrogens is 1. The number of nitrogens with zero attached hydrogens (tertiary/aromatic N) is 2. The molecule has 3 aromatic rings. The van der Waals surface area contributed by atoms with Crippen molar-refractivity contribution in [2.75, 3.05) is 5.32 Å². The van der Waals surface area contributed by atoms with Gasteiger partial charge in [-0.3, -0.25) is 9.79 Å². The van der Waals surface area contributed by atoms with Crippen molar-refractivity contribution in [2.24, 2.45) is 4.99 Å². The molecule has 0 aliphatic carbocycles. The standard InChI is InChI=1S/C21H17N3O2/c25-13-14-5-4-8-17(9-14)22-12-19-18-10-16(15-6-2-1-3-7-15)11-23-20(18)24-21(19)26/h1-12,19,25H,13H2,(H,23,24,26). The van der Waals surface area contributed by atoms with Crippen molar-refractivity contribution in [1.29, 1.82) is 0 Å². The van der Waals surface area contributed by atoms with Crippen molar-refractivity contribution in [3.05, 3.63) is 78.0 Å². The average Bonchev–Trinajstić information content (AvgIpc) is 3.01. The van der Waals surface area contributed by atoms with Gasteiger partial charge in [-0.25, -0.2) is 4.98 Å². The molecule has 5 heteroatoms. The van der Waals surface area contributed by atoms with Crippen LogP contribution in [-0.4, -0.2) is 22.2 Å². The zero-order valence-electron chi connectivity index (χ0n) is 14.0. The van der Waals surface area contributed by atoms with E-state index in [2.05, 4.69) is 15.3 Å². The van der Waals surface area contributed by atoms with Gasteiger partial charge in [-0.15, -0.1) is 0 Å². The summed E-state index contributed by atoms with van der Waals surface area (Å²) >= 11 is 0.